The van der Waals surface area contributed by atoms with Gasteiger partial charge in [-0.2, -0.15) is 0 Å². The van der Waals surface area contributed by atoms with Crippen LogP contribution in [0.25, 0.3) is 0 Å². The number of nitrogens with one attached hydrogen (secondary N) is 1. The van der Waals surface area contributed by atoms with E-state index in [1.807, 2.05) is 0 Å². The monoisotopic (exact) mass is 301 g/mol. The largest absolute Gasteiger partial charge is 0.479 e. The number of ether oxygens (including phenoxy) is 1. The zero-order valence-corrected chi connectivity index (χ0v) is 10.7. The molecule has 0 fully saturated rings. The molecule has 0 saturated carbocycles. The fourth-order valence-corrected chi connectivity index (χ4v) is 1.59. The summed E-state index contributed by atoms with van der Waals surface area (Å²) in [6, 6.07) is 6.82. The zero-order valence-electron chi connectivity index (χ0n) is 9.14. The third-order valence-electron chi connectivity index (χ3n) is 2.09. The van der Waals surface area contributed by atoms with Crippen molar-refractivity contribution in [3.05, 3.63) is 34.3 Å². The normalized spacial score (nSPS) is 11.9. The number of aliphatic carboxylic acids is 1. The Morgan fingerprint density at radius 2 is 2.24 bits per heavy atom. The van der Waals surface area contributed by atoms with E-state index in [1.54, 1.807) is 24.3 Å². The SMILES string of the molecule is COC(CNC(=O)c1cccc(Br)c1)C(=O)O. The predicted molar refractivity (Wildman–Crippen MR) is 64.9 cm³/mol. The molecule has 0 spiro atoms. The minimum absolute atomic E-state index is 0.0722. The molecule has 0 radical (unpaired) electrons. The Balaban J connectivity index is 2.58. The van der Waals surface area contributed by atoms with Gasteiger partial charge in [-0.1, -0.05) is 22.0 Å². The van der Waals surface area contributed by atoms with E-state index in [1.165, 1.54) is 7.11 Å². The van der Waals surface area contributed by atoms with Crippen molar-refractivity contribution >= 4 is 27.8 Å². The molecule has 0 bridgehead atoms. The minimum atomic E-state index is -1.11. The first kappa shape index (κ1) is 13.7. The van der Waals surface area contributed by atoms with Crippen molar-refractivity contribution in [3.63, 3.8) is 0 Å². The van der Waals surface area contributed by atoms with E-state index >= 15 is 0 Å². The molecule has 0 aliphatic heterocycles. The highest BCUT2D eigenvalue weighted by molar-refractivity contribution is 9.10. The van der Waals surface area contributed by atoms with Crippen molar-refractivity contribution in [3.8, 4) is 0 Å². The van der Waals surface area contributed by atoms with Gasteiger partial charge in [0.05, 0.1) is 6.54 Å². The van der Waals surface area contributed by atoms with Gasteiger partial charge in [-0.3, -0.25) is 4.79 Å². The van der Waals surface area contributed by atoms with E-state index in [9.17, 15) is 9.59 Å². The van der Waals surface area contributed by atoms with Crippen LogP contribution in [0.3, 0.4) is 0 Å². The smallest absolute Gasteiger partial charge is 0.334 e. The number of benzene rings is 1. The number of carbonyl (C=O) groups is 2. The fourth-order valence-electron chi connectivity index (χ4n) is 1.19. The molecule has 1 rings (SSSR count). The Morgan fingerprint density at radius 1 is 1.53 bits per heavy atom. The lowest BCUT2D eigenvalue weighted by Gasteiger charge is -2.11. The quantitative estimate of drug-likeness (QED) is 0.859. The Morgan fingerprint density at radius 3 is 2.76 bits per heavy atom. The second-order valence-corrected chi connectivity index (χ2v) is 4.20. The Bertz CT molecular complexity index is 422. The Hall–Kier alpha value is -1.40. The van der Waals surface area contributed by atoms with Gasteiger partial charge in [-0.05, 0) is 18.2 Å². The number of halogens is 1. The van der Waals surface area contributed by atoms with Crippen LogP contribution in [-0.4, -0.2) is 36.7 Å². The van der Waals surface area contributed by atoms with Gasteiger partial charge in [-0.25, -0.2) is 4.79 Å². The van der Waals surface area contributed by atoms with E-state index < -0.39 is 12.1 Å². The molecule has 92 valence electrons. The Kier molecular flexibility index (Phi) is 5.11. The van der Waals surface area contributed by atoms with Crippen molar-refractivity contribution in [2.24, 2.45) is 0 Å². The molecule has 0 saturated heterocycles. The maximum absolute atomic E-state index is 11.7. The number of amides is 1. The molecular weight excluding hydrogens is 290 g/mol. The first-order valence-electron chi connectivity index (χ1n) is 4.84. The van der Waals surface area contributed by atoms with Gasteiger partial charge in [0.15, 0.2) is 6.10 Å². The van der Waals surface area contributed by atoms with Crippen LogP contribution < -0.4 is 5.32 Å². The van der Waals surface area contributed by atoms with Crippen LogP contribution in [0.4, 0.5) is 0 Å². The van der Waals surface area contributed by atoms with Crippen molar-refractivity contribution in [1.82, 2.24) is 5.32 Å². The summed E-state index contributed by atoms with van der Waals surface area (Å²) in [5.74, 6) is -1.45. The first-order chi connectivity index (χ1) is 8.04. The lowest BCUT2D eigenvalue weighted by molar-refractivity contribution is -0.148. The highest BCUT2D eigenvalue weighted by atomic mass is 79.9. The molecule has 5 nitrogen and oxygen atoms in total. The third-order valence-corrected chi connectivity index (χ3v) is 2.59. The molecule has 0 aliphatic carbocycles. The molecule has 0 aromatic heterocycles. The van der Waals surface area contributed by atoms with Crippen molar-refractivity contribution in [1.29, 1.82) is 0 Å². The molecule has 1 atom stereocenters. The maximum atomic E-state index is 11.7. The van der Waals surface area contributed by atoms with Crippen LogP contribution in [0.2, 0.25) is 0 Å². The molecule has 1 unspecified atom stereocenters. The van der Waals surface area contributed by atoms with Crippen molar-refractivity contribution in [2.45, 2.75) is 6.10 Å². The average molecular weight is 302 g/mol. The molecule has 1 amide bonds. The van der Waals surface area contributed by atoms with E-state index in [4.69, 9.17) is 9.84 Å². The first-order valence-corrected chi connectivity index (χ1v) is 5.63. The Labute approximate surface area is 107 Å². The van der Waals surface area contributed by atoms with Crippen LogP contribution >= 0.6 is 15.9 Å². The number of hydrogen-bond acceptors (Lipinski definition) is 3. The number of methoxy groups -OCH3 is 1. The zero-order chi connectivity index (χ0) is 12.8. The van der Waals surface area contributed by atoms with E-state index in [0.29, 0.717) is 5.56 Å². The van der Waals surface area contributed by atoms with Gasteiger partial charge in [-0.15, -0.1) is 0 Å². The van der Waals surface area contributed by atoms with Gasteiger partial charge in [0.2, 0.25) is 0 Å². The fraction of sp³-hybridized carbons (Fsp3) is 0.273. The average Bonchev–Trinajstić information content (AvgIpc) is 2.29. The summed E-state index contributed by atoms with van der Waals surface area (Å²) < 4.78 is 5.48. The molecule has 0 aliphatic rings. The summed E-state index contributed by atoms with van der Waals surface area (Å²) in [6.45, 7) is -0.0722. The summed E-state index contributed by atoms with van der Waals surface area (Å²) in [5, 5.41) is 11.2. The molecule has 0 heterocycles. The number of carboxylic acid groups (broad SMARTS) is 1. The van der Waals surface area contributed by atoms with Gasteiger partial charge >= 0.3 is 5.97 Å². The molecule has 2 N–H and O–H groups in total. The standard InChI is InChI=1S/C11H12BrNO4/c1-17-9(11(15)16)6-13-10(14)7-3-2-4-8(12)5-7/h2-5,9H,6H2,1H3,(H,13,14)(H,15,16). The summed E-state index contributed by atoms with van der Waals surface area (Å²) in [5.41, 5.74) is 0.458. The third kappa shape index (κ3) is 4.16. The van der Waals surface area contributed by atoms with Crippen LogP contribution in [-0.2, 0) is 9.53 Å². The molecule has 1 aromatic carbocycles. The lowest BCUT2D eigenvalue weighted by Crippen LogP contribution is -2.37. The second-order valence-electron chi connectivity index (χ2n) is 3.28. The molecule has 1 aromatic rings. The van der Waals surface area contributed by atoms with Crippen LogP contribution in [0, 0.1) is 0 Å². The summed E-state index contributed by atoms with van der Waals surface area (Å²) in [4.78, 5) is 22.3. The highest BCUT2D eigenvalue weighted by Crippen LogP contribution is 2.11. The van der Waals surface area contributed by atoms with E-state index in [-0.39, 0.29) is 12.5 Å². The van der Waals surface area contributed by atoms with E-state index in [0.717, 1.165) is 4.47 Å². The number of carboxylic acids is 1. The maximum Gasteiger partial charge on any atom is 0.334 e. The van der Waals surface area contributed by atoms with E-state index in [2.05, 4.69) is 21.2 Å². The lowest BCUT2D eigenvalue weighted by atomic mass is 10.2. The highest BCUT2D eigenvalue weighted by Gasteiger charge is 2.17. The van der Waals surface area contributed by atoms with Gasteiger partial charge < -0.3 is 15.2 Å². The molecule has 6 heteroatoms. The molecular formula is C11H12BrNO4. The number of carbonyl (C=O) groups excluding carboxylic acids is 1. The van der Waals surface area contributed by atoms with Crippen LogP contribution in [0.15, 0.2) is 28.7 Å². The van der Waals surface area contributed by atoms with Gasteiger partial charge in [0.25, 0.3) is 5.91 Å². The number of rotatable bonds is 5. The summed E-state index contributed by atoms with van der Waals surface area (Å²) in [6.07, 6.45) is -1.04. The topological polar surface area (TPSA) is 75.6 Å². The minimum Gasteiger partial charge on any atom is -0.479 e. The van der Waals surface area contributed by atoms with Crippen LogP contribution in [0.1, 0.15) is 10.4 Å². The van der Waals surface area contributed by atoms with Gasteiger partial charge in [0, 0.05) is 17.1 Å². The summed E-state index contributed by atoms with van der Waals surface area (Å²) in [7, 11) is 1.28. The van der Waals surface area contributed by atoms with Crippen molar-refractivity contribution in [2.75, 3.05) is 13.7 Å². The second kappa shape index (κ2) is 6.36. The number of hydrogen-bond donors (Lipinski definition) is 2. The van der Waals surface area contributed by atoms with Crippen LogP contribution in [0.5, 0.6) is 0 Å². The van der Waals surface area contributed by atoms with Gasteiger partial charge in [0.1, 0.15) is 0 Å². The predicted octanol–water partition coefficient (Wildman–Crippen LogP) is 1.28. The summed E-state index contributed by atoms with van der Waals surface area (Å²) >= 11 is 3.25. The van der Waals surface area contributed by atoms with Crippen molar-refractivity contribution < 1.29 is 19.4 Å². The molecule has 17 heavy (non-hydrogen) atoms.